The summed E-state index contributed by atoms with van der Waals surface area (Å²) in [5.41, 5.74) is 2.34. The molecule has 2 aliphatic heterocycles. The number of halogens is 2. The molecule has 2 unspecified atom stereocenters. The third-order valence-corrected chi connectivity index (χ3v) is 12.0. The summed E-state index contributed by atoms with van der Waals surface area (Å²) < 4.78 is 6.28. The second-order valence-corrected chi connectivity index (χ2v) is 17.0. The van der Waals surface area contributed by atoms with Crippen LogP contribution in [0.4, 0.5) is 5.95 Å². The number of aromatic nitrogens is 3. The molecule has 2 saturated carbocycles. The Morgan fingerprint density at radius 1 is 0.904 bits per heavy atom. The van der Waals surface area contributed by atoms with E-state index in [-0.39, 0.29) is 11.3 Å². The minimum atomic E-state index is -0.235. The van der Waals surface area contributed by atoms with Gasteiger partial charge in [0.25, 0.3) is 0 Å². The average Bonchev–Trinajstić information content (AvgIpc) is 3.10. The molecule has 2 aliphatic carbocycles. The first-order valence-corrected chi connectivity index (χ1v) is 19.7. The van der Waals surface area contributed by atoms with Crippen molar-refractivity contribution >= 4 is 41.0 Å². The quantitative estimate of drug-likeness (QED) is 0.240. The van der Waals surface area contributed by atoms with Crippen LogP contribution in [-0.2, 0) is 16.1 Å². The number of ether oxygens (including phenoxy) is 1. The Morgan fingerprint density at radius 3 is 2.19 bits per heavy atom. The van der Waals surface area contributed by atoms with Crippen LogP contribution in [0.3, 0.4) is 0 Å². The van der Waals surface area contributed by atoms with Crippen molar-refractivity contribution in [2.45, 2.75) is 72.3 Å². The van der Waals surface area contributed by atoms with Crippen LogP contribution in [0, 0.1) is 29.1 Å². The molecule has 0 radical (unpaired) electrons. The molecule has 4 heterocycles. The molecular formula is C40H51Cl2N7O3. The molecule has 12 heteroatoms. The van der Waals surface area contributed by atoms with E-state index in [9.17, 15) is 9.59 Å². The number of anilines is 1. The number of carbonyl (C=O) groups excluding carboxylic acids is 2. The number of piperidine rings is 1. The van der Waals surface area contributed by atoms with Gasteiger partial charge in [0.05, 0.1) is 18.1 Å². The normalized spacial score (nSPS) is 25.5. The summed E-state index contributed by atoms with van der Waals surface area (Å²) in [5.74, 6) is 4.57. The van der Waals surface area contributed by atoms with Gasteiger partial charge in [0.15, 0.2) is 5.75 Å². The van der Waals surface area contributed by atoms with Crippen molar-refractivity contribution in [2.24, 2.45) is 29.1 Å². The standard InChI is InChI=1S/C40H51Cl2N7O3/c1-26-12-29-14-30(13-26)21-40(3,20-29)38(51)48-8-10-49(11-9-48)39-44-23-35(24-45-39)52-37-16-31(15-36(46-37)32-17-33(41)19-34(42)18-32)25-47-6-4-28(5-7-47)22-43-27(2)50/h15-19,23-24,26,28-30H,4-14,20-22,25H2,1-3H3,(H,43,50). The smallest absolute Gasteiger partial charge is 0.228 e. The molecule has 4 aliphatic rings. The zero-order valence-electron chi connectivity index (χ0n) is 30.6. The van der Waals surface area contributed by atoms with E-state index in [1.807, 2.05) is 18.2 Å². The van der Waals surface area contributed by atoms with Gasteiger partial charge >= 0.3 is 0 Å². The zero-order chi connectivity index (χ0) is 36.4. The fourth-order valence-corrected chi connectivity index (χ4v) is 9.87. The van der Waals surface area contributed by atoms with Crippen LogP contribution < -0.4 is 15.0 Å². The topological polar surface area (TPSA) is 104 Å². The maximum atomic E-state index is 13.8. The third-order valence-electron chi connectivity index (χ3n) is 11.6. The highest BCUT2D eigenvalue weighted by molar-refractivity contribution is 6.35. The fourth-order valence-electron chi connectivity index (χ4n) is 9.35. The van der Waals surface area contributed by atoms with Gasteiger partial charge in [-0.05, 0) is 112 Å². The first-order valence-electron chi connectivity index (χ1n) is 19.0. The number of nitrogens with zero attached hydrogens (tertiary/aromatic N) is 6. The Balaban J connectivity index is 0.991. The molecule has 1 N–H and O–H groups in total. The van der Waals surface area contributed by atoms with Gasteiger partial charge in [-0.15, -0.1) is 0 Å². The van der Waals surface area contributed by atoms with Crippen LogP contribution in [0.1, 0.15) is 71.3 Å². The number of nitrogens with one attached hydrogen (secondary N) is 1. The van der Waals surface area contributed by atoms with E-state index in [4.69, 9.17) is 32.9 Å². The van der Waals surface area contributed by atoms with E-state index < -0.39 is 0 Å². The lowest BCUT2D eigenvalue weighted by molar-refractivity contribution is -0.147. The molecule has 7 rings (SSSR count). The van der Waals surface area contributed by atoms with Gasteiger partial charge in [-0.3, -0.25) is 14.5 Å². The van der Waals surface area contributed by atoms with Gasteiger partial charge in [0.2, 0.25) is 23.6 Å². The number of likely N-dealkylation sites (tertiary alicyclic amines) is 1. The SMILES string of the molecule is CC(=O)NCC1CCN(Cc2cc(Oc3cnc(N4CCN(C(=O)C5(C)CC6CC(C)CC(C6)C5)CC4)nc3)nc(-c3cc(Cl)cc(Cl)c3)c2)CC1. The molecule has 2 atom stereocenters. The summed E-state index contributed by atoms with van der Waals surface area (Å²) in [4.78, 5) is 46.0. The molecule has 278 valence electrons. The summed E-state index contributed by atoms with van der Waals surface area (Å²) in [6.45, 7) is 12.3. The van der Waals surface area contributed by atoms with Gasteiger partial charge in [0, 0.05) is 73.3 Å². The zero-order valence-corrected chi connectivity index (χ0v) is 32.1. The van der Waals surface area contributed by atoms with Gasteiger partial charge in [-0.1, -0.05) is 37.0 Å². The van der Waals surface area contributed by atoms with Crippen LogP contribution in [-0.4, -0.2) is 82.4 Å². The van der Waals surface area contributed by atoms with E-state index in [2.05, 4.69) is 49.9 Å². The van der Waals surface area contributed by atoms with Crippen LogP contribution in [0.25, 0.3) is 11.3 Å². The van der Waals surface area contributed by atoms with Gasteiger partial charge in [-0.2, -0.15) is 0 Å². The van der Waals surface area contributed by atoms with Crippen molar-refractivity contribution in [2.75, 3.05) is 50.7 Å². The molecule has 4 fully saturated rings. The van der Waals surface area contributed by atoms with Crippen molar-refractivity contribution in [3.63, 3.8) is 0 Å². The number of carbonyl (C=O) groups is 2. The average molecular weight is 749 g/mol. The Hall–Kier alpha value is -3.47. The summed E-state index contributed by atoms with van der Waals surface area (Å²) >= 11 is 12.7. The van der Waals surface area contributed by atoms with Gasteiger partial charge < -0.3 is 19.9 Å². The number of amides is 2. The number of benzene rings is 1. The lowest BCUT2D eigenvalue weighted by atomic mass is 9.59. The minimum absolute atomic E-state index is 0.0201. The molecule has 3 aromatic rings. The Bertz CT molecular complexity index is 1700. The minimum Gasteiger partial charge on any atom is -0.436 e. The van der Waals surface area contributed by atoms with Crippen molar-refractivity contribution in [1.82, 2.24) is 30.1 Å². The molecular weight excluding hydrogens is 697 g/mol. The summed E-state index contributed by atoms with van der Waals surface area (Å²) in [6.07, 6.45) is 11.3. The lowest BCUT2D eigenvalue weighted by Crippen LogP contribution is -2.54. The van der Waals surface area contributed by atoms with Gasteiger partial charge in [-0.25, -0.2) is 15.0 Å². The highest BCUT2D eigenvalue weighted by Crippen LogP contribution is 2.51. The number of piperazine rings is 1. The molecule has 52 heavy (non-hydrogen) atoms. The van der Waals surface area contributed by atoms with Crippen LogP contribution in [0.2, 0.25) is 10.0 Å². The van der Waals surface area contributed by atoms with Crippen LogP contribution >= 0.6 is 23.2 Å². The van der Waals surface area contributed by atoms with Crippen LogP contribution in [0.15, 0.2) is 42.7 Å². The number of hydrogen-bond acceptors (Lipinski definition) is 8. The number of rotatable bonds is 9. The maximum absolute atomic E-state index is 13.8. The molecule has 2 saturated heterocycles. The first-order chi connectivity index (χ1) is 25.0. The molecule has 0 spiro atoms. The Morgan fingerprint density at radius 2 is 1.56 bits per heavy atom. The summed E-state index contributed by atoms with van der Waals surface area (Å²) in [5, 5.41) is 4.03. The largest absolute Gasteiger partial charge is 0.436 e. The molecule has 2 aromatic heterocycles. The number of hydrogen-bond donors (Lipinski definition) is 1. The fraction of sp³-hybridized carbons (Fsp3) is 0.575. The third kappa shape index (κ3) is 9.00. The summed E-state index contributed by atoms with van der Waals surface area (Å²) in [7, 11) is 0. The van der Waals surface area contributed by atoms with E-state index in [1.54, 1.807) is 25.4 Å². The lowest BCUT2D eigenvalue weighted by Gasteiger charge is -2.48. The van der Waals surface area contributed by atoms with Crippen molar-refractivity contribution in [3.05, 3.63) is 58.3 Å². The maximum Gasteiger partial charge on any atom is 0.228 e. The molecule has 2 bridgehead atoms. The van der Waals surface area contributed by atoms with E-state index in [0.29, 0.717) is 83.2 Å². The number of fused-ring (bicyclic) bond motifs is 2. The van der Waals surface area contributed by atoms with Crippen LogP contribution in [0.5, 0.6) is 11.6 Å². The number of pyridine rings is 1. The van der Waals surface area contributed by atoms with Crippen molar-refractivity contribution in [3.8, 4) is 22.9 Å². The summed E-state index contributed by atoms with van der Waals surface area (Å²) in [6, 6.07) is 9.43. The van der Waals surface area contributed by atoms with E-state index >= 15 is 0 Å². The molecule has 2 amide bonds. The monoisotopic (exact) mass is 747 g/mol. The molecule has 1 aromatic carbocycles. The van der Waals surface area contributed by atoms with Gasteiger partial charge in [0.1, 0.15) is 0 Å². The second-order valence-electron chi connectivity index (χ2n) is 16.1. The molecule has 10 nitrogen and oxygen atoms in total. The highest BCUT2D eigenvalue weighted by atomic mass is 35.5. The Labute approximate surface area is 317 Å². The van der Waals surface area contributed by atoms with Crippen molar-refractivity contribution in [1.29, 1.82) is 0 Å². The van der Waals surface area contributed by atoms with E-state index in [0.717, 1.165) is 68.9 Å². The predicted molar refractivity (Wildman–Crippen MR) is 205 cm³/mol. The van der Waals surface area contributed by atoms with Crippen molar-refractivity contribution < 1.29 is 14.3 Å². The van der Waals surface area contributed by atoms with E-state index in [1.165, 1.54) is 19.3 Å². The predicted octanol–water partition coefficient (Wildman–Crippen LogP) is 7.49. The first kappa shape index (κ1) is 36.9. The second kappa shape index (κ2) is 15.9. The highest BCUT2D eigenvalue weighted by Gasteiger charge is 2.47. The Kier molecular flexibility index (Phi) is 11.3.